The van der Waals surface area contributed by atoms with Gasteiger partial charge in [0.1, 0.15) is 5.58 Å². The van der Waals surface area contributed by atoms with Crippen LogP contribution >= 0.6 is 0 Å². The fourth-order valence-corrected chi connectivity index (χ4v) is 5.40. The van der Waals surface area contributed by atoms with E-state index in [1.54, 1.807) is 6.26 Å². The number of fused-ring (bicyclic) bond motifs is 2. The molecular weight excluding hydrogens is 500 g/mol. The molecular formula is C30H34N2O7. The van der Waals surface area contributed by atoms with Crippen molar-refractivity contribution in [1.29, 1.82) is 0 Å². The van der Waals surface area contributed by atoms with Crippen LogP contribution in [0.2, 0.25) is 0 Å². The molecule has 0 aliphatic carbocycles. The van der Waals surface area contributed by atoms with Crippen LogP contribution in [0.1, 0.15) is 36.3 Å². The van der Waals surface area contributed by atoms with E-state index < -0.39 is 6.29 Å². The zero-order valence-electron chi connectivity index (χ0n) is 21.9. The predicted molar refractivity (Wildman–Crippen MR) is 143 cm³/mol. The highest BCUT2D eigenvalue weighted by Crippen LogP contribution is 2.37. The van der Waals surface area contributed by atoms with E-state index in [9.17, 15) is 4.79 Å². The molecule has 206 valence electrons. The number of aliphatic hydroxyl groups excluding tert-OH is 1. The van der Waals surface area contributed by atoms with Crippen molar-refractivity contribution in [1.82, 2.24) is 9.80 Å². The number of carbonyl (C=O) groups excluding carboxylic acids is 1. The van der Waals surface area contributed by atoms with Crippen molar-refractivity contribution >= 4 is 16.9 Å². The van der Waals surface area contributed by atoms with E-state index in [1.807, 2.05) is 47.4 Å². The number of amides is 1. The predicted octanol–water partition coefficient (Wildman–Crippen LogP) is 4.01. The summed E-state index contributed by atoms with van der Waals surface area (Å²) in [6.45, 7) is 4.42. The minimum Gasteiger partial charge on any atom is -0.464 e. The highest BCUT2D eigenvalue weighted by molar-refractivity contribution is 5.92. The number of furan rings is 1. The first-order valence-corrected chi connectivity index (χ1v) is 13.6. The third kappa shape index (κ3) is 5.75. The first-order valence-electron chi connectivity index (χ1n) is 13.6. The van der Waals surface area contributed by atoms with Crippen molar-refractivity contribution in [2.45, 2.75) is 38.0 Å². The number of para-hydroxylation sites is 1. The third-order valence-electron chi connectivity index (χ3n) is 7.54. The Bertz CT molecular complexity index is 1330. The molecule has 1 N–H and O–H groups in total. The van der Waals surface area contributed by atoms with E-state index in [0.29, 0.717) is 38.3 Å². The van der Waals surface area contributed by atoms with E-state index in [-0.39, 0.29) is 25.2 Å². The molecule has 3 aromatic rings. The molecule has 39 heavy (non-hydrogen) atoms. The monoisotopic (exact) mass is 534 g/mol. The van der Waals surface area contributed by atoms with Crippen LogP contribution in [0.3, 0.4) is 0 Å². The lowest BCUT2D eigenvalue weighted by atomic mass is 9.92. The molecule has 0 unspecified atom stereocenters. The molecule has 9 heteroatoms. The van der Waals surface area contributed by atoms with Crippen LogP contribution in [0.15, 0.2) is 65.0 Å². The minimum atomic E-state index is -0.543. The third-order valence-corrected chi connectivity index (χ3v) is 7.54. The van der Waals surface area contributed by atoms with Gasteiger partial charge in [-0.15, -0.1) is 0 Å². The molecule has 0 spiro atoms. The van der Waals surface area contributed by atoms with E-state index in [1.165, 1.54) is 0 Å². The molecule has 0 radical (unpaired) electrons. The molecule has 0 bridgehead atoms. The highest BCUT2D eigenvalue weighted by Gasteiger charge is 2.33. The van der Waals surface area contributed by atoms with Crippen LogP contribution < -0.4 is 9.47 Å². The number of benzene rings is 2. The first-order chi connectivity index (χ1) is 19.2. The number of unbranched alkanes of at least 4 members (excludes halogenated alkanes) is 1. The summed E-state index contributed by atoms with van der Waals surface area (Å²) in [5.41, 5.74) is 3.00. The van der Waals surface area contributed by atoms with Crippen LogP contribution in [0.25, 0.3) is 11.0 Å². The Morgan fingerprint density at radius 2 is 1.87 bits per heavy atom. The summed E-state index contributed by atoms with van der Waals surface area (Å²) in [6, 6.07) is 14.0. The van der Waals surface area contributed by atoms with Crippen LogP contribution in [0.4, 0.5) is 0 Å². The van der Waals surface area contributed by atoms with Gasteiger partial charge in [-0.05, 0) is 42.7 Å². The largest absolute Gasteiger partial charge is 0.464 e. The zero-order chi connectivity index (χ0) is 26.6. The number of carbonyl (C=O) groups is 1. The number of ether oxygens (including phenoxy) is 4. The SMILES string of the molecule is O=C(C1=C[C@H](c2coc3ccccc23)C[C@H](OCCCCO)O1)N1CCN(Cc2ccc3c(c2)OCO3)CC1. The standard InChI is InChI=1S/C30H34N2O7/c33-13-3-4-14-35-29-17-22(24-19-36-25-6-2-1-5-23(24)25)16-28(39-29)30(34)32-11-9-31(10-12-32)18-21-7-8-26-27(15-21)38-20-37-26/h1-2,5-8,15-16,19,22,29,33H,3-4,9-14,17-18,20H2/t22-,29+/m0/s1. The van der Waals surface area contributed by atoms with E-state index >= 15 is 0 Å². The number of hydrogen-bond acceptors (Lipinski definition) is 8. The Morgan fingerprint density at radius 1 is 1.03 bits per heavy atom. The van der Waals surface area contributed by atoms with Crippen molar-refractivity contribution in [3.63, 3.8) is 0 Å². The van der Waals surface area contributed by atoms with E-state index in [4.69, 9.17) is 28.5 Å². The van der Waals surface area contributed by atoms with Gasteiger partial charge in [0, 0.05) is 62.6 Å². The van der Waals surface area contributed by atoms with E-state index in [2.05, 4.69) is 11.0 Å². The van der Waals surface area contributed by atoms with Crippen molar-refractivity contribution in [2.24, 2.45) is 0 Å². The van der Waals surface area contributed by atoms with Gasteiger partial charge >= 0.3 is 0 Å². The Balaban J connectivity index is 1.12. The number of piperazine rings is 1. The Kier molecular flexibility index (Phi) is 7.71. The second-order valence-corrected chi connectivity index (χ2v) is 10.2. The van der Waals surface area contributed by atoms with Gasteiger partial charge in [-0.1, -0.05) is 24.3 Å². The fraction of sp³-hybridized carbons (Fsp3) is 0.433. The second kappa shape index (κ2) is 11.7. The summed E-state index contributed by atoms with van der Waals surface area (Å²) < 4.78 is 28.8. The molecule has 9 nitrogen and oxygen atoms in total. The van der Waals surface area contributed by atoms with Gasteiger partial charge in [0.15, 0.2) is 17.3 Å². The molecule has 1 fully saturated rings. The molecule has 3 aliphatic heterocycles. The van der Waals surface area contributed by atoms with Crippen molar-refractivity contribution in [2.75, 3.05) is 46.2 Å². The Labute approximate surface area is 227 Å². The molecule has 1 amide bonds. The maximum Gasteiger partial charge on any atom is 0.288 e. The summed E-state index contributed by atoms with van der Waals surface area (Å²) in [5.74, 6) is 1.71. The molecule has 4 heterocycles. The van der Waals surface area contributed by atoms with Gasteiger partial charge in [0.05, 0.1) is 12.9 Å². The summed E-state index contributed by atoms with van der Waals surface area (Å²) in [7, 11) is 0. The zero-order valence-corrected chi connectivity index (χ0v) is 21.9. The van der Waals surface area contributed by atoms with Crippen molar-refractivity contribution in [3.8, 4) is 11.5 Å². The van der Waals surface area contributed by atoms with Gasteiger partial charge in [0.2, 0.25) is 13.1 Å². The number of hydrogen-bond donors (Lipinski definition) is 1. The fourth-order valence-electron chi connectivity index (χ4n) is 5.40. The number of aliphatic hydroxyl groups is 1. The quantitative estimate of drug-likeness (QED) is 0.412. The summed E-state index contributed by atoms with van der Waals surface area (Å²) in [6.07, 6.45) is 5.14. The van der Waals surface area contributed by atoms with Crippen LogP contribution in [-0.2, 0) is 20.8 Å². The normalized spacial score (nSPS) is 21.2. The summed E-state index contributed by atoms with van der Waals surface area (Å²) in [4.78, 5) is 17.8. The van der Waals surface area contributed by atoms with Crippen molar-refractivity contribution in [3.05, 3.63) is 71.7 Å². The molecule has 6 rings (SSSR count). The van der Waals surface area contributed by atoms with Gasteiger partial charge in [0.25, 0.3) is 5.91 Å². The van der Waals surface area contributed by atoms with Crippen LogP contribution in [0, 0.1) is 0 Å². The lowest BCUT2D eigenvalue weighted by molar-refractivity contribution is -0.154. The lowest BCUT2D eigenvalue weighted by Crippen LogP contribution is -2.49. The molecule has 0 saturated carbocycles. The summed E-state index contributed by atoms with van der Waals surface area (Å²) in [5, 5.41) is 10.1. The molecule has 2 aromatic carbocycles. The molecule has 1 aromatic heterocycles. The van der Waals surface area contributed by atoms with Crippen LogP contribution in [-0.4, -0.2) is 73.3 Å². The lowest BCUT2D eigenvalue weighted by Gasteiger charge is -2.36. The average molecular weight is 535 g/mol. The number of rotatable bonds is 9. The molecule has 1 saturated heterocycles. The number of nitrogens with zero attached hydrogens (tertiary/aromatic N) is 2. The van der Waals surface area contributed by atoms with Crippen LogP contribution in [0.5, 0.6) is 11.5 Å². The van der Waals surface area contributed by atoms with E-state index in [0.717, 1.165) is 59.7 Å². The van der Waals surface area contributed by atoms with Gasteiger partial charge < -0.3 is 33.4 Å². The second-order valence-electron chi connectivity index (χ2n) is 10.2. The van der Waals surface area contributed by atoms with Gasteiger partial charge in [-0.2, -0.15) is 0 Å². The maximum absolute atomic E-state index is 13.6. The molecule has 3 aliphatic rings. The average Bonchev–Trinajstić information content (AvgIpc) is 3.62. The smallest absolute Gasteiger partial charge is 0.288 e. The summed E-state index contributed by atoms with van der Waals surface area (Å²) >= 11 is 0. The number of allylic oxidation sites excluding steroid dienone is 1. The van der Waals surface area contributed by atoms with Crippen molar-refractivity contribution < 1.29 is 33.3 Å². The van der Waals surface area contributed by atoms with Gasteiger partial charge in [-0.25, -0.2) is 0 Å². The highest BCUT2D eigenvalue weighted by atomic mass is 16.7. The Morgan fingerprint density at radius 3 is 2.74 bits per heavy atom. The topological polar surface area (TPSA) is 93.8 Å². The maximum atomic E-state index is 13.6. The Hall–Kier alpha value is -3.53. The molecule has 2 atom stereocenters. The minimum absolute atomic E-state index is 0.0727. The van der Waals surface area contributed by atoms with Gasteiger partial charge in [-0.3, -0.25) is 9.69 Å². The first kappa shape index (κ1) is 25.7.